The molecule has 0 aliphatic heterocycles. The molecule has 0 radical (unpaired) electrons. The molecule has 1 N–H and O–H groups in total. The molecule has 94 valence electrons. The number of carboxylic acid groups (broad SMARTS) is 1. The first kappa shape index (κ1) is 14.7. The topological polar surface area (TPSA) is 66.8 Å². The van der Waals surface area contributed by atoms with E-state index in [1.165, 1.54) is 0 Å². The summed E-state index contributed by atoms with van der Waals surface area (Å²) in [5.41, 5.74) is 0. The Kier molecular flexibility index (Phi) is 5.79. The summed E-state index contributed by atoms with van der Waals surface area (Å²) in [6.07, 6.45) is -4.63. The normalized spacial score (nSPS) is 11.2. The zero-order valence-corrected chi connectivity index (χ0v) is 8.58. The predicted octanol–water partition coefficient (Wildman–Crippen LogP) is 0.498. The molecule has 5 nitrogen and oxygen atoms in total. The Morgan fingerprint density at radius 1 is 1.38 bits per heavy atom. The van der Waals surface area contributed by atoms with Gasteiger partial charge in [-0.05, 0) is 6.92 Å². The van der Waals surface area contributed by atoms with Gasteiger partial charge in [-0.15, -0.1) is 0 Å². The van der Waals surface area contributed by atoms with Crippen molar-refractivity contribution in [3.05, 3.63) is 0 Å². The highest BCUT2D eigenvalue weighted by atomic mass is 19.4. The summed E-state index contributed by atoms with van der Waals surface area (Å²) >= 11 is 0. The van der Waals surface area contributed by atoms with Gasteiger partial charge in [0.2, 0.25) is 5.91 Å². The van der Waals surface area contributed by atoms with Crippen molar-refractivity contribution in [3.8, 4) is 0 Å². The minimum absolute atomic E-state index is 0.165. The van der Waals surface area contributed by atoms with Gasteiger partial charge >= 0.3 is 12.1 Å². The number of alkyl halides is 3. The maximum Gasteiger partial charge on any atom is 0.406 e. The molecule has 16 heavy (non-hydrogen) atoms. The summed E-state index contributed by atoms with van der Waals surface area (Å²) in [7, 11) is 0. The highest BCUT2D eigenvalue weighted by Gasteiger charge is 2.33. The third-order valence-corrected chi connectivity index (χ3v) is 1.48. The van der Waals surface area contributed by atoms with E-state index in [1.807, 2.05) is 0 Å². The van der Waals surface area contributed by atoms with Crippen molar-refractivity contribution in [2.75, 3.05) is 26.3 Å². The summed E-state index contributed by atoms with van der Waals surface area (Å²) in [4.78, 5) is 21.6. The Balaban J connectivity index is 4.41. The second-order valence-corrected chi connectivity index (χ2v) is 2.90. The Hall–Kier alpha value is -1.31. The van der Waals surface area contributed by atoms with Crippen LogP contribution >= 0.6 is 0 Å². The van der Waals surface area contributed by atoms with E-state index in [-0.39, 0.29) is 11.5 Å². The van der Waals surface area contributed by atoms with Crippen LogP contribution in [-0.2, 0) is 14.3 Å². The number of hydrogen-bond donors (Lipinski definition) is 1. The zero-order valence-electron chi connectivity index (χ0n) is 8.58. The molecule has 0 rings (SSSR count). The molecular weight excluding hydrogens is 231 g/mol. The average molecular weight is 243 g/mol. The van der Waals surface area contributed by atoms with E-state index >= 15 is 0 Å². The van der Waals surface area contributed by atoms with E-state index in [0.29, 0.717) is 0 Å². The number of amides is 1. The minimum atomic E-state index is -4.63. The van der Waals surface area contributed by atoms with Crippen molar-refractivity contribution < 1.29 is 32.6 Å². The number of hydrogen-bond acceptors (Lipinski definition) is 3. The Morgan fingerprint density at radius 3 is 2.31 bits per heavy atom. The molecule has 0 spiro atoms. The molecule has 0 fully saturated rings. The SMILES string of the molecule is CCOCC(=O)N(CC(=O)O)CC(F)(F)F. The standard InChI is InChI=1S/C8H12F3NO4/c1-2-16-4-6(13)12(3-7(14)15)5-8(9,10)11/h2-5H2,1H3,(H,14,15). The van der Waals surface area contributed by atoms with Crippen molar-refractivity contribution in [2.45, 2.75) is 13.1 Å². The molecule has 8 heteroatoms. The molecule has 0 aliphatic carbocycles. The third-order valence-electron chi connectivity index (χ3n) is 1.48. The van der Waals surface area contributed by atoms with Crippen LogP contribution in [0.25, 0.3) is 0 Å². The van der Waals surface area contributed by atoms with Crippen molar-refractivity contribution in [2.24, 2.45) is 0 Å². The van der Waals surface area contributed by atoms with Gasteiger partial charge in [-0.2, -0.15) is 13.2 Å². The fourth-order valence-corrected chi connectivity index (χ4v) is 0.893. The highest BCUT2D eigenvalue weighted by Crippen LogP contribution is 2.16. The van der Waals surface area contributed by atoms with Crippen LogP contribution in [0.5, 0.6) is 0 Å². The predicted molar refractivity (Wildman–Crippen MR) is 46.8 cm³/mol. The number of carbonyl (C=O) groups is 2. The smallest absolute Gasteiger partial charge is 0.406 e. The summed E-state index contributed by atoms with van der Waals surface area (Å²) < 4.78 is 40.7. The molecule has 0 saturated heterocycles. The maximum atomic E-state index is 12.0. The Labute approximate surface area is 89.8 Å². The first-order chi connectivity index (χ1) is 7.26. The molecule has 0 heterocycles. The minimum Gasteiger partial charge on any atom is -0.480 e. The van der Waals surface area contributed by atoms with Crippen molar-refractivity contribution >= 4 is 11.9 Å². The molecule has 0 aromatic carbocycles. The van der Waals surface area contributed by atoms with Crippen LogP contribution in [0.3, 0.4) is 0 Å². The van der Waals surface area contributed by atoms with Crippen molar-refractivity contribution in [1.82, 2.24) is 4.90 Å². The van der Waals surface area contributed by atoms with Crippen LogP contribution in [0.1, 0.15) is 6.92 Å². The van der Waals surface area contributed by atoms with Crippen LogP contribution < -0.4 is 0 Å². The maximum absolute atomic E-state index is 12.0. The molecule has 0 aromatic heterocycles. The van der Waals surface area contributed by atoms with Crippen molar-refractivity contribution in [1.29, 1.82) is 0 Å². The first-order valence-electron chi connectivity index (χ1n) is 4.40. The molecular formula is C8H12F3NO4. The number of nitrogens with zero attached hydrogens (tertiary/aromatic N) is 1. The average Bonchev–Trinajstić information content (AvgIpc) is 2.10. The number of halogens is 3. The van der Waals surface area contributed by atoms with Gasteiger partial charge in [0.25, 0.3) is 0 Å². The number of aliphatic carboxylic acids is 1. The monoisotopic (exact) mass is 243 g/mol. The molecule has 0 unspecified atom stereocenters. The fraction of sp³-hybridized carbons (Fsp3) is 0.750. The van der Waals surface area contributed by atoms with E-state index in [2.05, 4.69) is 4.74 Å². The lowest BCUT2D eigenvalue weighted by Crippen LogP contribution is -2.43. The Bertz CT molecular complexity index is 254. The summed E-state index contributed by atoms with van der Waals surface area (Å²) in [5, 5.41) is 8.35. The zero-order chi connectivity index (χ0) is 12.8. The van der Waals surface area contributed by atoms with E-state index in [4.69, 9.17) is 5.11 Å². The van der Waals surface area contributed by atoms with E-state index < -0.39 is 37.7 Å². The second kappa shape index (κ2) is 6.31. The largest absolute Gasteiger partial charge is 0.480 e. The number of carboxylic acids is 1. The molecule has 0 atom stereocenters. The Morgan fingerprint density at radius 2 is 1.94 bits per heavy atom. The van der Waals surface area contributed by atoms with Crippen LogP contribution in [0.2, 0.25) is 0 Å². The van der Waals surface area contributed by atoms with Gasteiger partial charge in [0.1, 0.15) is 19.7 Å². The summed E-state index contributed by atoms with van der Waals surface area (Å²) in [6.45, 7) is -1.41. The molecule has 0 bridgehead atoms. The summed E-state index contributed by atoms with van der Waals surface area (Å²) in [5.74, 6) is -2.50. The van der Waals surface area contributed by atoms with Gasteiger partial charge < -0.3 is 14.7 Å². The lowest BCUT2D eigenvalue weighted by Gasteiger charge is -2.21. The van der Waals surface area contributed by atoms with Gasteiger partial charge in [0, 0.05) is 6.61 Å². The third kappa shape index (κ3) is 7.04. The molecule has 0 aliphatic rings. The molecule has 0 saturated carbocycles. The first-order valence-corrected chi connectivity index (χ1v) is 4.40. The van der Waals surface area contributed by atoms with Crippen LogP contribution in [0.15, 0.2) is 0 Å². The van der Waals surface area contributed by atoms with Crippen molar-refractivity contribution in [3.63, 3.8) is 0 Å². The van der Waals surface area contributed by atoms with E-state index in [9.17, 15) is 22.8 Å². The lowest BCUT2D eigenvalue weighted by molar-refractivity contribution is -0.167. The van der Waals surface area contributed by atoms with Crippen LogP contribution in [-0.4, -0.2) is 54.4 Å². The van der Waals surface area contributed by atoms with Gasteiger partial charge in [-0.25, -0.2) is 0 Å². The van der Waals surface area contributed by atoms with Gasteiger partial charge in [0.15, 0.2) is 0 Å². The van der Waals surface area contributed by atoms with E-state index in [0.717, 1.165) is 0 Å². The lowest BCUT2D eigenvalue weighted by atomic mass is 10.4. The fourth-order valence-electron chi connectivity index (χ4n) is 0.893. The van der Waals surface area contributed by atoms with E-state index in [1.54, 1.807) is 6.92 Å². The van der Waals surface area contributed by atoms with Crippen LogP contribution in [0.4, 0.5) is 13.2 Å². The second-order valence-electron chi connectivity index (χ2n) is 2.90. The molecule has 1 amide bonds. The number of rotatable bonds is 6. The summed E-state index contributed by atoms with van der Waals surface area (Å²) in [6, 6.07) is 0. The highest BCUT2D eigenvalue weighted by molar-refractivity contribution is 5.82. The molecule has 0 aromatic rings. The number of ether oxygens (including phenoxy) is 1. The quantitative estimate of drug-likeness (QED) is 0.737. The van der Waals surface area contributed by atoms with Crippen LogP contribution in [0, 0.1) is 0 Å². The van der Waals surface area contributed by atoms with Gasteiger partial charge in [0.05, 0.1) is 0 Å². The van der Waals surface area contributed by atoms with Gasteiger partial charge in [-0.3, -0.25) is 9.59 Å². The van der Waals surface area contributed by atoms with Gasteiger partial charge in [-0.1, -0.05) is 0 Å². The number of carbonyl (C=O) groups excluding carboxylic acids is 1.